The van der Waals surface area contributed by atoms with E-state index in [0.717, 1.165) is 0 Å². The molecule has 1 heterocycles. The summed E-state index contributed by atoms with van der Waals surface area (Å²) in [5.74, 6) is -1.26. The summed E-state index contributed by atoms with van der Waals surface area (Å²) >= 11 is 0. The van der Waals surface area contributed by atoms with Crippen molar-refractivity contribution in [2.45, 2.75) is 13.8 Å². The minimum Gasteiger partial charge on any atom is -0.478 e. The number of hydrogen-bond acceptors (Lipinski definition) is 3. The Hall–Kier alpha value is -2.43. The van der Waals surface area contributed by atoms with E-state index in [0.29, 0.717) is 11.1 Å². The van der Waals surface area contributed by atoms with Crippen LogP contribution in [0.4, 0.5) is 4.39 Å². The molecule has 0 fully saturated rings. The van der Waals surface area contributed by atoms with Gasteiger partial charge in [0.15, 0.2) is 11.6 Å². The van der Waals surface area contributed by atoms with Gasteiger partial charge in [-0.15, -0.1) is 0 Å². The van der Waals surface area contributed by atoms with Gasteiger partial charge in [0.2, 0.25) is 5.88 Å². The summed E-state index contributed by atoms with van der Waals surface area (Å²) in [7, 11) is 0. The number of benzene rings is 1. The molecule has 1 N–H and O–H groups in total. The highest BCUT2D eigenvalue weighted by Crippen LogP contribution is 2.27. The second-order valence-corrected chi connectivity index (χ2v) is 4.14. The third-order valence-electron chi connectivity index (χ3n) is 2.64. The number of carboxylic acids is 1. The van der Waals surface area contributed by atoms with Gasteiger partial charge in [0.05, 0.1) is 5.56 Å². The summed E-state index contributed by atoms with van der Waals surface area (Å²) in [6.07, 6.45) is 1.18. The molecule has 0 unspecified atom stereocenters. The fourth-order valence-corrected chi connectivity index (χ4v) is 1.59. The van der Waals surface area contributed by atoms with Crippen LogP contribution < -0.4 is 4.74 Å². The maximum absolute atomic E-state index is 13.8. The first-order valence-corrected chi connectivity index (χ1v) is 5.62. The third-order valence-corrected chi connectivity index (χ3v) is 2.64. The van der Waals surface area contributed by atoms with Crippen LogP contribution in [-0.4, -0.2) is 16.1 Å². The summed E-state index contributed by atoms with van der Waals surface area (Å²) in [6, 6.07) is 6.23. The predicted octanol–water partition coefficient (Wildman–Crippen LogP) is 3.33. The molecule has 4 nitrogen and oxygen atoms in total. The Morgan fingerprint density at radius 1 is 1.32 bits per heavy atom. The monoisotopic (exact) mass is 261 g/mol. The molecule has 0 amide bonds. The number of rotatable bonds is 3. The fraction of sp³-hybridized carbons (Fsp3) is 0.143. The Bertz CT molecular complexity index is 641. The van der Waals surface area contributed by atoms with Crippen LogP contribution in [0.3, 0.4) is 0 Å². The maximum atomic E-state index is 13.8. The first-order chi connectivity index (χ1) is 8.99. The third kappa shape index (κ3) is 2.70. The van der Waals surface area contributed by atoms with Crippen molar-refractivity contribution in [2.75, 3.05) is 0 Å². The summed E-state index contributed by atoms with van der Waals surface area (Å²) in [6.45, 7) is 3.29. The van der Waals surface area contributed by atoms with Gasteiger partial charge in [-0.1, -0.05) is 12.1 Å². The number of ether oxygens (including phenoxy) is 1. The van der Waals surface area contributed by atoms with E-state index in [1.807, 2.05) is 0 Å². The zero-order valence-corrected chi connectivity index (χ0v) is 10.5. The molecule has 0 atom stereocenters. The zero-order valence-electron chi connectivity index (χ0n) is 10.5. The Kier molecular flexibility index (Phi) is 3.46. The highest BCUT2D eigenvalue weighted by atomic mass is 19.1. The van der Waals surface area contributed by atoms with Crippen LogP contribution in [-0.2, 0) is 0 Å². The van der Waals surface area contributed by atoms with E-state index >= 15 is 0 Å². The average Bonchev–Trinajstić information content (AvgIpc) is 2.37. The molecule has 0 bridgehead atoms. The van der Waals surface area contributed by atoms with Gasteiger partial charge in [0.1, 0.15) is 0 Å². The number of pyridine rings is 1. The SMILES string of the molecule is Cc1cc(C(=O)O)cnc1Oc1cccc(C)c1F. The standard InChI is InChI=1S/C14H12FNO3/c1-8-4-3-5-11(12(8)15)19-13-9(2)6-10(7-16-13)14(17)18/h3-7H,1-2H3,(H,17,18). The molecule has 19 heavy (non-hydrogen) atoms. The van der Waals surface area contributed by atoms with Crippen molar-refractivity contribution in [1.82, 2.24) is 4.98 Å². The van der Waals surface area contributed by atoms with Crippen LogP contribution in [0.5, 0.6) is 11.6 Å². The minimum atomic E-state index is -1.07. The van der Waals surface area contributed by atoms with Crippen LogP contribution in [0, 0.1) is 19.7 Å². The van der Waals surface area contributed by atoms with Crippen molar-refractivity contribution in [3.8, 4) is 11.6 Å². The van der Waals surface area contributed by atoms with Crippen molar-refractivity contribution >= 4 is 5.97 Å². The lowest BCUT2D eigenvalue weighted by Gasteiger charge is -2.09. The van der Waals surface area contributed by atoms with E-state index < -0.39 is 11.8 Å². The molecule has 0 aliphatic heterocycles. The van der Waals surface area contributed by atoms with Gasteiger partial charge in [-0.3, -0.25) is 0 Å². The van der Waals surface area contributed by atoms with E-state index in [1.165, 1.54) is 18.3 Å². The van der Waals surface area contributed by atoms with Crippen LogP contribution in [0.2, 0.25) is 0 Å². The lowest BCUT2D eigenvalue weighted by atomic mass is 10.2. The quantitative estimate of drug-likeness (QED) is 0.920. The molecule has 5 heteroatoms. The molecule has 0 aliphatic carbocycles. The number of hydrogen-bond donors (Lipinski definition) is 1. The van der Waals surface area contributed by atoms with Gasteiger partial charge in [-0.2, -0.15) is 0 Å². The smallest absolute Gasteiger partial charge is 0.337 e. The Morgan fingerprint density at radius 3 is 2.68 bits per heavy atom. The number of halogens is 1. The van der Waals surface area contributed by atoms with Gasteiger partial charge >= 0.3 is 5.97 Å². The number of nitrogens with zero attached hydrogens (tertiary/aromatic N) is 1. The minimum absolute atomic E-state index is 0.0644. The molecule has 0 radical (unpaired) electrons. The van der Waals surface area contributed by atoms with Crippen LogP contribution in [0.25, 0.3) is 0 Å². The second kappa shape index (κ2) is 5.06. The zero-order chi connectivity index (χ0) is 14.0. The Labute approximate surface area is 109 Å². The van der Waals surface area contributed by atoms with E-state index in [1.54, 1.807) is 26.0 Å². The van der Waals surface area contributed by atoms with Crippen molar-refractivity contribution in [1.29, 1.82) is 0 Å². The summed E-state index contributed by atoms with van der Waals surface area (Å²) in [5, 5.41) is 8.83. The number of aryl methyl sites for hydroxylation is 2. The highest BCUT2D eigenvalue weighted by molar-refractivity contribution is 5.87. The molecule has 98 valence electrons. The van der Waals surface area contributed by atoms with Gasteiger partial charge in [0.25, 0.3) is 0 Å². The van der Waals surface area contributed by atoms with Gasteiger partial charge in [-0.25, -0.2) is 14.2 Å². The van der Waals surface area contributed by atoms with Crippen molar-refractivity contribution in [2.24, 2.45) is 0 Å². The normalized spacial score (nSPS) is 10.3. The molecule has 2 rings (SSSR count). The van der Waals surface area contributed by atoms with E-state index in [9.17, 15) is 9.18 Å². The van der Waals surface area contributed by atoms with E-state index in [-0.39, 0.29) is 17.2 Å². The Balaban J connectivity index is 2.34. The average molecular weight is 261 g/mol. The summed E-state index contributed by atoms with van der Waals surface area (Å²) in [4.78, 5) is 14.7. The lowest BCUT2D eigenvalue weighted by molar-refractivity contribution is 0.0696. The van der Waals surface area contributed by atoms with Crippen LogP contribution >= 0.6 is 0 Å². The molecule has 0 saturated carbocycles. The molecule has 1 aromatic heterocycles. The second-order valence-electron chi connectivity index (χ2n) is 4.14. The highest BCUT2D eigenvalue weighted by Gasteiger charge is 2.11. The van der Waals surface area contributed by atoms with Crippen molar-refractivity contribution in [3.63, 3.8) is 0 Å². The topological polar surface area (TPSA) is 59.4 Å². The van der Waals surface area contributed by atoms with Gasteiger partial charge in [-0.05, 0) is 31.5 Å². The fourth-order valence-electron chi connectivity index (χ4n) is 1.59. The van der Waals surface area contributed by atoms with Crippen LogP contribution in [0.1, 0.15) is 21.5 Å². The molecule has 1 aromatic carbocycles. The molecule has 0 saturated heterocycles. The van der Waals surface area contributed by atoms with Gasteiger partial charge in [0, 0.05) is 11.8 Å². The molecule has 0 aliphatic rings. The molecule has 0 spiro atoms. The van der Waals surface area contributed by atoms with Gasteiger partial charge < -0.3 is 9.84 Å². The first kappa shape index (κ1) is 13.0. The van der Waals surface area contributed by atoms with Crippen molar-refractivity contribution < 1.29 is 19.0 Å². The molecular formula is C14H12FNO3. The van der Waals surface area contributed by atoms with E-state index in [4.69, 9.17) is 9.84 Å². The number of carboxylic acid groups (broad SMARTS) is 1. The molecular weight excluding hydrogens is 249 g/mol. The summed E-state index contributed by atoms with van der Waals surface area (Å²) < 4.78 is 19.2. The number of aromatic nitrogens is 1. The largest absolute Gasteiger partial charge is 0.478 e. The lowest BCUT2D eigenvalue weighted by Crippen LogP contribution is -2.00. The van der Waals surface area contributed by atoms with Crippen molar-refractivity contribution in [3.05, 3.63) is 53.0 Å². The van der Waals surface area contributed by atoms with Crippen LogP contribution in [0.15, 0.2) is 30.5 Å². The van der Waals surface area contributed by atoms with E-state index in [2.05, 4.69) is 4.98 Å². The number of carbonyl (C=O) groups is 1. The Morgan fingerprint density at radius 2 is 2.05 bits per heavy atom. The predicted molar refractivity (Wildman–Crippen MR) is 67.1 cm³/mol. The maximum Gasteiger partial charge on any atom is 0.337 e. The first-order valence-electron chi connectivity index (χ1n) is 5.62. The number of aromatic carboxylic acids is 1. The summed E-state index contributed by atoms with van der Waals surface area (Å²) in [5.41, 5.74) is 1.06. The molecule has 2 aromatic rings.